The van der Waals surface area contributed by atoms with Gasteiger partial charge < -0.3 is 10.1 Å². The average Bonchev–Trinajstić information content (AvgIpc) is 2.33. The van der Waals surface area contributed by atoms with Crippen molar-refractivity contribution in [2.45, 2.75) is 6.18 Å². The fourth-order valence-corrected chi connectivity index (χ4v) is 1.34. The summed E-state index contributed by atoms with van der Waals surface area (Å²) in [4.78, 5) is 20.8. The number of hydrogen-bond donors (Lipinski definition) is 1. The summed E-state index contributed by atoms with van der Waals surface area (Å²) in [5.41, 5.74) is -0.274. The van der Waals surface area contributed by atoms with E-state index in [1.165, 1.54) is 0 Å². The van der Waals surface area contributed by atoms with Gasteiger partial charge in [0.2, 0.25) is 0 Å². The van der Waals surface area contributed by atoms with Crippen molar-refractivity contribution in [2.75, 3.05) is 13.2 Å². The van der Waals surface area contributed by atoms with Crippen molar-refractivity contribution >= 4 is 23.2 Å². The predicted octanol–water partition coefficient (Wildman–Crippen LogP) is 2.31. The molecule has 1 amide bonds. The lowest BCUT2D eigenvalue weighted by molar-refractivity contribution is -0.384. The maximum Gasteiger partial charge on any atom is 0.405 e. The number of alkyl halides is 3. The molecule has 0 aliphatic rings. The third-order valence-corrected chi connectivity index (χ3v) is 2.27. The van der Waals surface area contributed by atoms with E-state index in [1.54, 1.807) is 5.32 Å². The van der Waals surface area contributed by atoms with Crippen LogP contribution < -0.4 is 10.1 Å². The van der Waals surface area contributed by atoms with Gasteiger partial charge in [-0.15, -0.1) is 0 Å². The second-order valence-electron chi connectivity index (χ2n) is 3.55. The van der Waals surface area contributed by atoms with Gasteiger partial charge in [0, 0.05) is 12.1 Å². The van der Waals surface area contributed by atoms with E-state index >= 15 is 0 Å². The minimum Gasteiger partial charge on any atom is -0.482 e. The lowest BCUT2D eigenvalue weighted by atomic mass is 10.3. The molecule has 20 heavy (non-hydrogen) atoms. The molecule has 0 radical (unpaired) electrons. The van der Waals surface area contributed by atoms with Crippen molar-refractivity contribution < 1.29 is 27.6 Å². The van der Waals surface area contributed by atoms with E-state index in [2.05, 4.69) is 0 Å². The first-order valence-electron chi connectivity index (χ1n) is 5.09. The molecule has 6 nitrogen and oxygen atoms in total. The van der Waals surface area contributed by atoms with Gasteiger partial charge in [0.05, 0.1) is 9.95 Å². The molecule has 110 valence electrons. The molecule has 0 atom stereocenters. The Balaban J connectivity index is 2.54. The summed E-state index contributed by atoms with van der Waals surface area (Å²) in [7, 11) is 0. The molecule has 1 aromatic rings. The first-order valence-corrected chi connectivity index (χ1v) is 5.47. The zero-order valence-electron chi connectivity index (χ0n) is 9.74. The molecule has 1 aromatic carbocycles. The molecule has 0 spiro atoms. The molecule has 0 heterocycles. The SMILES string of the molecule is O=C(COc1ccc([N+](=O)[O-])cc1Cl)NCC(F)(F)F. The summed E-state index contributed by atoms with van der Waals surface area (Å²) in [6, 6.07) is 3.25. The van der Waals surface area contributed by atoms with E-state index < -0.39 is 30.2 Å². The topological polar surface area (TPSA) is 81.5 Å². The van der Waals surface area contributed by atoms with Crippen LogP contribution >= 0.6 is 11.6 Å². The number of carbonyl (C=O) groups excluding carboxylic acids is 1. The van der Waals surface area contributed by atoms with Crippen molar-refractivity contribution in [3.05, 3.63) is 33.3 Å². The number of nitrogens with zero attached hydrogens (tertiary/aromatic N) is 1. The van der Waals surface area contributed by atoms with Crippen LogP contribution in [0.4, 0.5) is 18.9 Å². The number of carbonyl (C=O) groups is 1. The van der Waals surface area contributed by atoms with Crippen LogP contribution in [-0.4, -0.2) is 30.2 Å². The number of nitro benzene ring substituents is 1. The molecule has 0 aromatic heterocycles. The Hall–Kier alpha value is -2.03. The Morgan fingerprint density at radius 1 is 1.45 bits per heavy atom. The lowest BCUT2D eigenvalue weighted by Gasteiger charge is -2.10. The van der Waals surface area contributed by atoms with Crippen LogP contribution in [0.1, 0.15) is 0 Å². The van der Waals surface area contributed by atoms with Crippen LogP contribution in [0.5, 0.6) is 5.75 Å². The van der Waals surface area contributed by atoms with E-state index in [-0.39, 0.29) is 16.5 Å². The summed E-state index contributed by atoms with van der Waals surface area (Å²) in [6.45, 7) is -2.16. The van der Waals surface area contributed by atoms with Gasteiger partial charge in [0.25, 0.3) is 11.6 Å². The van der Waals surface area contributed by atoms with E-state index in [0.29, 0.717) is 0 Å². The zero-order valence-corrected chi connectivity index (χ0v) is 10.5. The third-order valence-electron chi connectivity index (χ3n) is 1.97. The number of nitrogens with one attached hydrogen (secondary N) is 1. The first-order chi connectivity index (χ1) is 9.19. The maximum absolute atomic E-state index is 11.8. The highest BCUT2D eigenvalue weighted by Crippen LogP contribution is 2.28. The normalized spacial score (nSPS) is 11.0. The van der Waals surface area contributed by atoms with Crippen LogP contribution in [0.2, 0.25) is 5.02 Å². The number of benzene rings is 1. The van der Waals surface area contributed by atoms with Gasteiger partial charge in [-0.1, -0.05) is 11.6 Å². The van der Waals surface area contributed by atoms with Gasteiger partial charge in [0.1, 0.15) is 12.3 Å². The van der Waals surface area contributed by atoms with Gasteiger partial charge in [-0.25, -0.2) is 0 Å². The molecule has 1 rings (SSSR count). The van der Waals surface area contributed by atoms with Crippen LogP contribution in [0.3, 0.4) is 0 Å². The quantitative estimate of drug-likeness (QED) is 0.668. The van der Waals surface area contributed by atoms with Crippen LogP contribution in [0.15, 0.2) is 18.2 Å². The number of hydrogen-bond acceptors (Lipinski definition) is 4. The van der Waals surface area contributed by atoms with E-state index in [9.17, 15) is 28.1 Å². The predicted molar refractivity (Wildman–Crippen MR) is 62.7 cm³/mol. The van der Waals surface area contributed by atoms with Gasteiger partial charge in [-0.05, 0) is 6.07 Å². The molecule has 0 unspecified atom stereocenters. The van der Waals surface area contributed by atoms with Gasteiger partial charge in [-0.2, -0.15) is 13.2 Å². The Morgan fingerprint density at radius 2 is 2.10 bits per heavy atom. The van der Waals surface area contributed by atoms with Gasteiger partial charge in [-0.3, -0.25) is 14.9 Å². The number of non-ortho nitro benzene ring substituents is 1. The van der Waals surface area contributed by atoms with E-state index in [4.69, 9.17) is 16.3 Å². The average molecular weight is 313 g/mol. The molecular formula is C10H8ClF3N2O4. The molecule has 0 saturated carbocycles. The summed E-state index contributed by atoms with van der Waals surface area (Å²) in [5, 5.41) is 11.9. The first kappa shape index (κ1) is 16.0. The van der Waals surface area contributed by atoms with Crippen molar-refractivity contribution in [2.24, 2.45) is 0 Å². The number of amides is 1. The molecular weight excluding hydrogens is 305 g/mol. The van der Waals surface area contributed by atoms with Crippen molar-refractivity contribution in [1.29, 1.82) is 0 Å². The van der Waals surface area contributed by atoms with Crippen molar-refractivity contribution in [3.63, 3.8) is 0 Å². The van der Waals surface area contributed by atoms with E-state index in [0.717, 1.165) is 18.2 Å². The highest BCUT2D eigenvalue weighted by atomic mass is 35.5. The Kier molecular flexibility index (Phi) is 5.14. The minimum atomic E-state index is -4.51. The van der Waals surface area contributed by atoms with Crippen LogP contribution in [0.25, 0.3) is 0 Å². The highest BCUT2D eigenvalue weighted by Gasteiger charge is 2.27. The zero-order chi connectivity index (χ0) is 15.3. The molecule has 0 bridgehead atoms. The minimum absolute atomic E-state index is 0.0422. The van der Waals surface area contributed by atoms with Gasteiger partial charge in [0.15, 0.2) is 6.61 Å². The largest absolute Gasteiger partial charge is 0.482 e. The standard InChI is InChI=1S/C10H8ClF3N2O4/c11-7-3-6(16(18)19)1-2-8(7)20-4-9(17)15-5-10(12,13)14/h1-3H,4-5H2,(H,15,17). The summed E-state index contributed by atoms with van der Waals surface area (Å²) < 4.78 is 40.3. The Bertz CT molecular complexity index is 522. The maximum atomic E-state index is 11.8. The highest BCUT2D eigenvalue weighted by molar-refractivity contribution is 6.32. The summed E-state index contributed by atoms with van der Waals surface area (Å²) in [6.07, 6.45) is -4.51. The van der Waals surface area contributed by atoms with Crippen LogP contribution in [-0.2, 0) is 4.79 Å². The second kappa shape index (κ2) is 6.42. The van der Waals surface area contributed by atoms with Gasteiger partial charge >= 0.3 is 6.18 Å². The Labute approximate surface area is 115 Å². The van der Waals surface area contributed by atoms with Crippen molar-refractivity contribution in [3.8, 4) is 5.75 Å². The summed E-state index contributed by atoms with van der Waals surface area (Å²) in [5.74, 6) is -1.03. The number of rotatable bonds is 5. The molecule has 0 saturated heterocycles. The smallest absolute Gasteiger partial charge is 0.405 e. The molecule has 1 N–H and O–H groups in total. The number of nitro groups is 1. The summed E-state index contributed by atoms with van der Waals surface area (Å²) >= 11 is 5.67. The monoisotopic (exact) mass is 312 g/mol. The van der Waals surface area contributed by atoms with E-state index in [1.807, 2.05) is 0 Å². The van der Waals surface area contributed by atoms with Crippen molar-refractivity contribution in [1.82, 2.24) is 5.32 Å². The molecule has 0 aliphatic carbocycles. The fraction of sp³-hybridized carbons (Fsp3) is 0.300. The van der Waals surface area contributed by atoms with Crippen LogP contribution in [0, 0.1) is 10.1 Å². The third kappa shape index (κ3) is 5.31. The number of halogens is 4. The molecule has 10 heteroatoms. The molecule has 0 fully saturated rings. The second-order valence-corrected chi connectivity index (χ2v) is 3.96. The Morgan fingerprint density at radius 3 is 2.60 bits per heavy atom. The molecule has 0 aliphatic heterocycles. The lowest BCUT2D eigenvalue weighted by Crippen LogP contribution is -2.36. The fourth-order valence-electron chi connectivity index (χ4n) is 1.11. The number of ether oxygens (including phenoxy) is 1.